The van der Waals surface area contributed by atoms with E-state index in [4.69, 9.17) is 9.47 Å². The number of nitrogens with one attached hydrogen (secondary N) is 1. The first kappa shape index (κ1) is 16.4. The van der Waals surface area contributed by atoms with Crippen LogP contribution in [0.2, 0.25) is 0 Å². The Kier molecular flexibility index (Phi) is 5.99. The highest BCUT2D eigenvalue weighted by molar-refractivity contribution is 5.73. The Morgan fingerprint density at radius 1 is 0.870 bits per heavy atom. The molecule has 0 aliphatic carbocycles. The van der Waals surface area contributed by atoms with Crippen molar-refractivity contribution in [2.75, 3.05) is 7.05 Å². The van der Waals surface area contributed by atoms with Crippen LogP contribution in [0.25, 0.3) is 0 Å². The van der Waals surface area contributed by atoms with Crippen molar-refractivity contribution < 1.29 is 19.1 Å². The highest BCUT2D eigenvalue weighted by Gasteiger charge is 2.14. The molecule has 0 aromatic heterocycles. The number of carbonyl (C=O) groups excluding carboxylic acids is 2. The van der Waals surface area contributed by atoms with E-state index in [0.717, 1.165) is 16.1 Å². The van der Waals surface area contributed by atoms with Gasteiger partial charge in [-0.05, 0) is 11.1 Å². The SMILES string of the molecule is CN(NC(=O)OCc1ccccc1)C(=O)OCc1ccccc1. The highest BCUT2D eigenvalue weighted by Crippen LogP contribution is 2.03. The summed E-state index contributed by atoms with van der Waals surface area (Å²) in [6.07, 6.45) is -1.40. The van der Waals surface area contributed by atoms with E-state index in [1.165, 1.54) is 7.05 Å². The summed E-state index contributed by atoms with van der Waals surface area (Å²) in [6.45, 7) is 0.254. The predicted octanol–water partition coefficient (Wildman–Crippen LogP) is 3.10. The lowest BCUT2D eigenvalue weighted by Gasteiger charge is -2.17. The number of hydrogen-bond acceptors (Lipinski definition) is 4. The molecular weight excluding hydrogens is 296 g/mol. The molecule has 0 saturated carbocycles. The van der Waals surface area contributed by atoms with Gasteiger partial charge in [-0.3, -0.25) is 0 Å². The number of carbonyl (C=O) groups is 2. The number of hydrogen-bond donors (Lipinski definition) is 1. The van der Waals surface area contributed by atoms with E-state index >= 15 is 0 Å². The summed E-state index contributed by atoms with van der Waals surface area (Å²) < 4.78 is 10.1. The standard InChI is InChI=1S/C17H18N2O4/c1-19(17(21)23-13-15-10-6-3-7-11-15)18-16(20)22-12-14-8-4-2-5-9-14/h2-11H,12-13H2,1H3,(H,18,20). The van der Waals surface area contributed by atoms with Gasteiger partial charge < -0.3 is 9.47 Å². The maximum absolute atomic E-state index is 11.8. The number of nitrogens with zero attached hydrogens (tertiary/aromatic N) is 1. The molecule has 0 saturated heterocycles. The minimum Gasteiger partial charge on any atom is -0.443 e. The van der Waals surface area contributed by atoms with E-state index in [0.29, 0.717) is 0 Å². The number of amides is 2. The van der Waals surface area contributed by atoms with Crippen molar-refractivity contribution in [2.45, 2.75) is 13.2 Å². The molecule has 1 N–H and O–H groups in total. The minimum absolute atomic E-state index is 0.125. The molecule has 2 aromatic carbocycles. The van der Waals surface area contributed by atoms with Crippen molar-refractivity contribution in [3.63, 3.8) is 0 Å². The number of ether oxygens (including phenoxy) is 2. The summed E-state index contributed by atoms with van der Waals surface area (Å²) in [6, 6.07) is 18.5. The summed E-state index contributed by atoms with van der Waals surface area (Å²) in [7, 11) is 1.39. The lowest BCUT2D eigenvalue weighted by Crippen LogP contribution is -2.43. The fraction of sp³-hybridized carbons (Fsp3) is 0.176. The zero-order valence-corrected chi connectivity index (χ0v) is 12.8. The van der Waals surface area contributed by atoms with Crippen molar-refractivity contribution in [2.24, 2.45) is 0 Å². The molecule has 2 rings (SSSR count). The molecule has 0 fully saturated rings. The van der Waals surface area contributed by atoms with E-state index in [1.54, 1.807) is 0 Å². The van der Waals surface area contributed by atoms with Crippen LogP contribution >= 0.6 is 0 Å². The van der Waals surface area contributed by atoms with Gasteiger partial charge in [0.15, 0.2) is 0 Å². The van der Waals surface area contributed by atoms with Gasteiger partial charge in [0, 0.05) is 7.05 Å². The number of benzene rings is 2. The van der Waals surface area contributed by atoms with E-state index in [9.17, 15) is 9.59 Å². The lowest BCUT2D eigenvalue weighted by atomic mass is 10.2. The van der Waals surface area contributed by atoms with E-state index in [-0.39, 0.29) is 13.2 Å². The minimum atomic E-state index is -0.729. The van der Waals surface area contributed by atoms with E-state index in [2.05, 4.69) is 5.43 Å². The summed E-state index contributed by atoms with van der Waals surface area (Å²) in [5.41, 5.74) is 4.00. The summed E-state index contributed by atoms with van der Waals surface area (Å²) >= 11 is 0. The summed E-state index contributed by atoms with van der Waals surface area (Å²) in [4.78, 5) is 23.4. The molecule has 0 heterocycles. The van der Waals surface area contributed by atoms with E-state index in [1.807, 2.05) is 60.7 Å². The Morgan fingerprint density at radius 2 is 1.35 bits per heavy atom. The first-order valence-electron chi connectivity index (χ1n) is 7.07. The Bertz CT molecular complexity index is 632. The van der Waals surface area contributed by atoms with E-state index < -0.39 is 12.2 Å². The van der Waals surface area contributed by atoms with Gasteiger partial charge in [0.05, 0.1) is 0 Å². The average molecular weight is 314 g/mol. The third-order valence-corrected chi connectivity index (χ3v) is 2.95. The maximum atomic E-state index is 11.8. The van der Waals surface area contributed by atoms with Crippen molar-refractivity contribution in [3.8, 4) is 0 Å². The monoisotopic (exact) mass is 314 g/mol. The smallest absolute Gasteiger partial charge is 0.428 e. The molecule has 2 amide bonds. The largest absolute Gasteiger partial charge is 0.443 e. The topological polar surface area (TPSA) is 67.9 Å². The third kappa shape index (κ3) is 5.70. The predicted molar refractivity (Wildman–Crippen MR) is 84.2 cm³/mol. The van der Waals surface area contributed by atoms with Gasteiger partial charge >= 0.3 is 12.2 Å². The first-order chi connectivity index (χ1) is 11.1. The second kappa shape index (κ2) is 8.43. The molecule has 0 aliphatic rings. The second-order valence-electron chi connectivity index (χ2n) is 4.77. The molecule has 6 heteroatoms. The fourth-order valence-corrected chi connectivity index (χ4v) is 1.75. The van der Waals surface area contributed by atoms with Gasteiger partial charge in [0.1, 0.15) is 13.2 Å². The Balaban J connectivity index is 1.71. The molecule has 0 spiro atoms. The quantitative estimate of drug-likeness (QED) is 0.881. The zero-order chi connectivity index (χ0) is 16.5. The molecular formula is C17H18N2O4. The van der Waals surface area contributed by atoms with Gasteiger partial charge in [0.25, 0.3) is 0 Å². The maximum Gasteiger partial charge on any atom is 0.428 e. The van der Waals surface area contributed by atoms with Crippen LogP contribution in [0, 0.1) is 0 Å². The highest BCUT2D eigenvalue weighted by atomic mass is 16.6. The van der Waals surface area contributed by atoms with Crippen LogP contribution in [0.5, 0.6) is 0 Å². The van der Waals surface area contributed by atoms with Crippen molar-refractivity contribution >= 4 is 12.2 Å². The van der Waals surface area contributed by atoms with Gasteiger partial charge in [-0.2, -0.15) is 0 Å². The first-order valence-corrected chi connectivity index (χ1v) is 7.07. The normalized spacial score (nSPS) is 9.78. The Hall–Kier alpha value is -3.02. The summed E-state index contributed by atoms with van der Waals surface area (Å²) in [5.74, 6) is 0. The third-order valence-electron chi connectivity index (χ3n) is 2.95. The lowest BCUT2D eigenvalue weighted by molar-refractivity contribution is 0.0744. The zero-order valence-electron chi connectivity index (χ0n) is 12.8. The molecule has 0 radical (unpaired) electrons. The molecule has 0 unspecified atom stereocenters. The van der Waals surface area contributed by atoms with Gasteiger partial charge in [0.2, 0.25) is 0 Å². The molecule has 0 bridgehead atoms. The van der Waals surface area contributed by atoms with Crippen LogP contribution in [-0.2, 0) is 22.7 Å². The van der Waals surface area contributed by atoms with Crippen LogP contribution in [-0.4, -0.2) is 24.2 Å². The van der Waals surface area contributed by atoms with Gasteiger partial charge in [-0.1, -0.05) is 60.7 Å². The molecule has 23 heavy (non-hydrogen) atoms. The molecule has 120 valence electrons. The van der Waals surface area contributed by atoms with Crippen LogP contribution in [0.1, 0.15) is 11.1 Å². The molecule has 0 atom stereocenters. The fourth-order valence-electron chi connectivity index (χ4n) is 1.75. The number of hydrazine groups is 1. The number of rotatable bonds is 4. The van der Waals surface area contributed by atoms with Gasteiger partial charge in [-0.25, -0.2) is 20.0 Å². The van der Waals surface area contributed by atoms with Crippen LogP contribution < -0.4 is 5.43 Å². The Morgan fingerprint density at radius 3 is 1.87 bits per heavy atom. The van der Waals surface area contributed by atoms with Crippen molar-refractivity contribution in [1.82, 2.24) is 10.4 Å². The average Bonchev–Trinajstić information content (AvgIpc) is 2.59. The van der Waals surface area contributed by atoms with Crippen molar-refractivity contribution in [3.05, 3.63) is 71.8 Å². The Labute approximate surface area is 134 Å². The van der Waals surface area contributed by atoms with Crippen LogP contribution in [0.4, 0.5) is 9.59 Å². The van der Waals surface area contributed by atoms with Crippen LogP contribution in [0.3, 0.4) is 0 Å². The van der Waals surface area contributed by atoms with Gasteiger partial charge in [-0.15, -0.1) is 0 Å². The summed E-state index contributed by atoms with van der Waals surface area (Å²) in [5, 5.41) is 0.941. The molecule has 6 nitrogen and oxygen atoms in total. The second-order valence-corrected chi connectivity index (χ2v) is 4.77. The molecule has 2 aromatic rings. The van der Waals surface area contributed by atoms with Crippen LogP contribution in [0.15, 0.2) is 60.7 Å². The van der Waals surface area contributed by atoms with Crippen molar-refractivity contribution in [1.29, 1.82) is 0 Å². The molecule has 0 aliphatic heterocycles.